The van der Waals surface area contributed by atoms with Crippen molar-refractivity contribution in [2.75, 3.05) is 13.1 Å². The van der Waals surface area contributed by atoms with Crippen LogP contribution in [0.4, 0.5) is 4.39 Å². The minimum Gasteiger partial charge on any atom is -0.321 e. The van der Waals surface area contributed by atoms with Crippen LogP contribution in [-0.2, 0) is 17.1 Å². The van der Waals surface area contributed by atoms with Gasteiger partial charge in [0.15, 0.2) is 16.5 Å². The van der Waals surface area contributed by atoms with E-state index in [4.69, 9.17) is 0 Å². The van der Waals surface area contributed by atoms with Crippen molar-refractivity contribution in [3.05, 3.63) is 42.0 Å². The fourth-order valence-electron chi connectivity index (χ4n) is 3.41. The van der Waals surface area contributed by atoms with Crippen LogP contribution >= 0.6 is 0 Å². The number of imidazole rings is 1. The molecule has 1 fully saturated rings. The molecule has 0 aromatic carbocycles. The zero-order chi connectivity index (χ0) is 18.5. The molecule has 1 aliphatic heterocycles. The number of aromatic nitrogens is 5. The lowest BCUT2D eigenvalue weighted by molar-refractivity contribution is 0.317. The third-order valence-corrected chi connectivity index (χ3v) is 7.01. The molecule has 0 saturated carbocycles. The van der Waals surface area contributed by atoms with E-state index in [9.17, 15) is 12.8 Å². The Morgan fingerprint density at radius 2 is 1.96 bits per heavy atom. The molecule has 3 aromatic rings. The van der Waals surface area contributed by atoms with Crippen molar-refractivity contribution < 1.29 is 12.8 Å². The van der Waals surface area contributed by atoms with E-state index in [0.29, 0.717) is 31.8 Å². The monoisotopic (exact) mass is 378 g/mol. The summed E-state index contributed by atoms with van der Waals surface area (Å²) in [6, 6.07) is 1.48. The number of halogens is 1. The highest BCUT2D eigenvalue weighted by Crippen LogP contribution is 2.31. The lowest BCUT2D eigenvalue weighted by atomic mass is 9.91. The molecule has 0 atom stereocenters. The van der Waals surface area contributed by atoms with Crippen LogP contribution in [0.15, 0.2) is 29.8 Å². The highest BCUT2D eigenvalue weighted by Gasteiger charge is 2.32. The van der Waals surface area contributed by atoms with Crippen molar-refractivity contribution in [1.29, 1.82) is 0 Å². The van der Waals surface area contributed by atoms with Gasteiger partial charge in [-0.25, -0.2) is 27.3 Å². The van der Waals surface area contributed by atoms with Crippen molar-refractivity contribution in [3.8, 4) is 0 Å². The highest BCUT2D eigenvalue weighted by atomic mass is 32.2. The minimum absolute atomic E-state index is 0.0813. The molecule has 0 unspecified atom stereocenters. The molecule has 0 N–H and O–H groups in total. The standard InChI is InChI=1S/C16H19FN6O2S/c1-11-18-8-15(21(11)2)26(24,25)22-5-3-12(4-6-22)13-7-14(17)16-19-10-20-23(16)9-13/h7-10,12H,3-6H2,1-2H3. The molecule has 1 saturated heterocycles. The number of aryl methyl sites for hydroxylation is 1. The Kier molecular flexibility index (Phi) is 4.03. The van der Waals surface area contributed by atoms with E-state index in [1.54, 1.807) is 24.7 Å². The molecule has 8 nitrogen and oxygen atoms in total. The Hall–Kier alpha value is -2.33. The van der Waals surface area contributed by atoms with Crippen molar-refractivity contribution in [1.82, 2.24) is 28.5 Å². The van der Waals surface area contributed by atoms with Gasteiger partial charge in [-0.2, -0.15) is 9.40 Å². The molecule has 0 radical (unpaired) electrons. The summed E-state index contributed by atoms with van der Waals surface area (Å²) in [5.74, 6) is 0.313. The molecule has 4 heterocycles. The van der Waals surface area contributed by atoms with E-state index < -0.39 is 15.8 Å². The Bertz CT molecular complexity index is 1070. The Labute approximate surface area is 150 Å². The van der Waals surface area contributed by atoms with Crippen molar-refractivity contribution in [3.63, 3.8) is 0 Å². The second-order valence-corrected chi connectivity index (χ2v) is 8.42. The number of piperidine rings is 1. The number of sulfonamides is 1. The fourth-order valence-corrected chi connectivity index (χ4v) is 5.03. The molecule has 3 aromatic heterocycles. The van der Waals surface area contributed by atoms with Gasteiger partial charge in [0.2, 0.25) is 0 Å². The molecule has 26 heavy (non-hydrogen) atoms. The van der Waals surface area contributed by atoms with Crippen LogP contribution in [0.1, 0.15) is 30.1 Å². The summed E-state index contributed by atoms with van der Waals surface area (Å²) < 4.78 is 44.3. The normalized spacial score (nSPS) is 17.2. The van der Waals surface area contributed by atoms with E-state index in [1.807, 2.05) is 0 Å². The first-order valence-electron chi connectivity index (χ1n) is 8.35. The van der Waals surface area contributed by atoms with Crippen molar-refractivity contribution in [2.24, 2.45) is 7.05 Å². The molecule has 0 spiro atoms. The van der Waals surface area contributed by atoms with Gasteiger partial charge in [-0.1, -0.05) is 0 Å². The maximum absolute atomic E-state index is 14.1. The van der Waals surface area contributed by atoms with Crippen LogP contribution in [0.5, 0.6) is 0 Å². The average molecular weight is 378 g/mol. The summed E-state index contributed by atoms with van der Waals surface area (Å²) >= 11 is 0. The van der Waals surface area contributed by atoms with Gasteiger partial charge in [-0.15, -0.1) is 0 Å². The molecule has 1 aliphatic rings. The first kappa shape index (κ1) is 17.1. The SMILES string of the molecule is Cc1ncc(S(=O)(=O)N2CCC(c3cc(F)c4ncnn4c3)CC2)n1C. The van der Waals surface area contributed by atoms with E-state index >= 15 is 0 Å². The van der Waals surface area contributed by atoms with Crippen LogP contribution in [0.3, 0.4) is 0 Å². The third kappa shape index (κ3) is 2.69. The largest absolute Gasteiger partial charge is 0.321 e. The third-order valence-electron chi connectivity index (χ3n) is 5.06. The van der Waals surface area contributed by atoms with Crippen LogP contribution in [-0.4, -0.2) is 50.0 Å². The first-order chi connectivity index (χ1) is 12.4. The fraction of sp³-hybridized carbons (Fsp3) is 0.438. The molecule has 0 amide bonds. The van der Waals surface area contributed by atoms with E-state index in [0.717, 1.165) is 5.56 Å². The summed E-state index contributed by atoms with van der Waals surface area (Å²) in [6.45, 7) is 2.53. The number of fused-ring (bicyclic) bond motifs is 1. The Morgan fingerprint density at radius 3 is 2.62 bits per heavy atom. The number of hydrogen-bond donors (Lipinski definition) is 0. The molecular weight excluding hydrogens is 359 g/mol. The van der Waals surface area contributed by atoms with Crippen LogP contribution in [0.2, 0.25) is 0 Å². The Morgan fingerprint density at radius 1 is 1.23 bits per heavy atom. The van der Waals surface area contributed by atoms with Crippen molar-refractivity contribution in [2.45, 2.75) is 30.7 Å². The van der Waals surface area contributed by atoms with Gasteiger partial charge in [0.25, 0.3) is 10.0 Å². The predicted octanol–water partition coefficient (Wildman–Crippen LogP) is 1.48. The van der Waals surface area contributed by atoms with E-state index in [1.165, 1.54) is 27.4 Å². The number of pyridine rings is 1. The molecule has 0 bridgehead atoms. The lowest BCUT2D eigenvalue weighted by Crippen LogP contribution is -2.38. The summed E-state index contributed by atoms with van der Waals surface area (Å²) in [4.78, 5) is 7.95. The minimum atomic E-state index is -3.58. The maximum atomic E-state index is 14.1. The zero-order valence-corrected chi connectivity index (χ0v) is 15.3. The smallest absolute Gasteiger partial charge is 0.260 e. The van der Waals surface area contributed by atoms with Gasteiger partial charge in [0.05, 0.1) is 6.20 Å². The van der Waals surface area contributed by atoms with Gasteiger partial charge in [0.1, 0.15) is 12.2 Å². The predicted molar refractivity (Wildman–Crippen MR) is 91.6 cm³/mol. The van der Waals surface area contributed by atoms with Gasteiger partial charge >= 0.3 is 0 Å². The van der Waals surface area contributed by atoms with Gasteiger partial charge in [-0.05, 0) is 37.3 Å². The van der Waals surface area contributed by atoms with E-state index in [-0.39, 0.29) is 16.6 Å². The summed E-state index contributed by atoms with van der Waals surface area (Å²) in [6.07, 6.45) is 5.72. The van der Waals surface area contributed by atoms with Gasteiger partial charge in [-0.3, -0.25) is 0 Å². The van der Waals surface area contributed by atoms with Crippen molar-refractivity contribution >= 4 is 15.7 Å². The quantitative estimate of drug-likeness (QED) is 0.689. The topological polar surface area (TPSA) is 85.4 Å². The van der Waals surface area contributed by atoms with Gasteiger partial charge < -0.3 is 4.57 Å². The zero-order valence-electron chi connectivity index (χ0n) is 14.5. The average Bonchev–Trinajstić information content (AvgIpc) is 3.23. The van der Waals surface area contributed by atoms with Gasteiger partial charge in [0, 0.05) is 26.3 Å². The van der Waals surface area contributed by atoms with Crippen LogP contribution in [0.25, 0.3) is 5.65 Å². The second kappa shape index (κ2) is 6.13. The molecule has 4 rings (SSSR count). The molecule has 138 valence electrons. The maximum Gasteiger partial charge on any atom is 0.260 e. The first-order valence-corrected chi connectivity index (χ1v) is 9.79. The van der Waals surface area contributed by atoms with Crippen LogP contribution in [0, 0.1) is 12.7 Å². The Balaban J connectivity index is 1.54. The second-order valence-electron chi connectivity index (χ2n) is 6.53. The summed E-state index contributed by atoms with van der Waals surface area (Å²) in [7, 11) is -1.89. The summed E-state index contributed by atoms with van der Waals surface area (Å²) in [5.41, 5.74) is 1.01. The molecule has 0 aliphatic carbocycles. The number of hydrogen-bond acceptors (Lipinski definition) is 5. The number of rotatable bonds is 3. The lowest BCUT2D eigenvalue weighted by Gasteiger charge is -2.31. The molecule has 10 heteroatoms. The highest BCUT2D eigenvalue weighted by molar-refractivity contribution is 7.89. The van der Waals surface area contributed by atoms with Crippen LogP contribution < -0.4 is 0 Å². The summed E-state index contributed by atoms with van der Waals surface area (Å²) in [5, 5.41) is 4.19. The number of nitrogens with zero attached hydrogens (tertiary/aromatic N) is 6. The van der Waals surface area contributed by atoms with E-state index in [2.05, 4.69) is 15.1 Å². The molecular formula is C16H19FN6O2S.